The zero-order valence-corrected chi connectivity index (χ0v) is 28.8. The van der Waals surface area contributed by atoms with Crippen LogP contribution >= 0.6 is 11.3 Å². The largest absolute Gasteiger partial charge is 0.456 e. The van der Waals surface area contributed by atoms with Gasteiger partial charge in [-0.1, -0.05) is 103 Å². The Hall–Kier alpha value is -6.96. The molecule has 0 amide bonds. The van der Waals surface area contributed by atoms with Crippen LogP contribution in [-0.2, 0) is 0 Å². The molecule has 53 heavy (non-hydrogen) atoms. The number of aromatic nitrogens is 4. The summed E-state index contributed by atoms with van der Waals surface area (Å²) in [5.41, 5.74) is 9.19. The number of rotatable bonds is 5. The lowest BCUT2D eigenvalue weighted by Gasteiger charge is -2.10. The Kier molecular flexibility index (Phi) is 6.62. The maximum atomic E-state index is 6.23. The summed E-state index contributed by atoms with van der Waals surface area (Å²) in [5.74, 6) is 2.43. The summed E-state index contributed by atoms with van der Waals surface area (Å²) >= 11 is 1.79. The van der Waals surface area contributed by atoms with E-state index in [4.69, 9.17) is 28.8 Å². The highest BCUT2D eigenvalue weighted by Gasteiger charge is 2.17. The van der Waals surface area contributed by atoms with Crippen LogP contribution in [0.2, 0.25) is 0 Å². The van der Waals surface area contributed by atoms with Crippen molar-refractivity contribution in [2.45, 2.75) is 0 Å². The summed E-state index contributed by atoms with van der Waals surface area (Å²) in [6, 6.07) is 53.6. The highest BCUT2D eigenvalue weighted by Crippen LogP contribution is 2.42. The van der Waals surface area contributed by atoms with Crippen LogP contribution in [0.3, 0.4) is 0 Å². The van der Waals surface area contributed by atoms with Gasteiger partial charge in [-0.3, -0.25) is 0 Å². The van der Waals surface area contributed by atoms with Crippen LogP contribution in [0.1, 0.15) is 0 Å². The first-order chi connectivity index (χ1) is 26.2. The first kappa shape index (κ1) is 29.7. The minimum Gasteiger partial charge on any atom is -0.456 e. The van der Waals surface area contributed by atoms with Crippen molar-refractivity contribution in [3.63, 3.8) is 0 Å². The van der Waals surface area contributed by atoms with Gasteiger partial charge in [-0.05, 0) is 65.7 Å². The van der Waals surface area contributed by atoms with Crippen LogP contribution in [-0.4, -0.2) is 19.9 Å². The van der Waals surface area contributed by atoms with E-state index in [1.807, 2.05) is 78.9 Å². The second kappa shape index (κ2) is 11.8. The average molecular weight is 699 g/mol. The van der Waals surface area contributed by atoms with E-state index in [1.165, 1.54) is 20.2 Å². The van der Waals surface area contributed by atoms with Gasteiger partial charge in [-0.2, -0.15) is 0 Å². The number of oxazole rings is 1. The van der Waals surface area contributed by atoms with Gasteiger partial charge in [-0.15, -0.1) is 11.3 Å². The Labute approximate surface area is 306 Å². The zero-order valence-electron chi connectivity index (χ0n) is 28.0. The molecule has 0 saturated heterocycles. The minimum absolute atomic E-state index is 0.586. The summed E-state index contributed by atoms with van der Waals surface area (Å²) in [6.07, 6.45) is 0. The molecule has 0 fully saturated rings. The number of hydrogen-bond donors (Lipinski definition) is 0. The Morgan fingerprint density at radius 2 is 1.04 bits per heavy atom. The van der Waals surface area contributed by atoms with E-state index in [9.17, 15) is 0 Å². The number of thiophene rings is 1. The van der Waals surface area contributed by atoms with Crippen LogP contribution in [0.5, 0.6) is 0 Å². The molecule has 0 radical (unpaired) electrons. The molecule has 0 aliphatic carbocycles. The van der Waals surface area contributed by atoms with Crippen LogP contribution in [0.25, 0.3) is 110 Å². The lowest BCUT2D eigenvalue weighted by atomic mass is 10.00. The van der Waals surface area contributed by atoms with Gasteiger partial charge in [0, 0.05) is 53.2 Å². The van der Waals surface area contributed by atoms with Gasteiger partial charge in [0.2, 0.25) is 5.89 Å². The van der Waals surface area contributed by atoms with Crippen molar-refractivity contribution in [1.82, 2.24) is 19.9 Å². The predicted molar refractivity (Wildman–Crippen MR) is 215 cm³/mol. The summed E-state index contributed by atoms with van der Waals surface area (Å²) in [5, 5.41) is 4.52. The van der Waals surface area contributed by atoms with Gasteiger partial charge in [0.15, 0.2) is 23.1 Å². The van der Waals surface area contributed by atoms with Crippen molar-refractivity contribution < 1.29 is 8.83 Å². The lowest BCUT2D eigenvalue weighted by molar-refractivity contribution is 0.620. The molecule has 7 aromatic carbocycles. The standard InChI is InChI=1S/C46H26N4O2S/c1-2-10-27(11-3-1)43-48-44(50-45(49-43)30-20-22-34-33-14-4-6-18-38(33)51-40(34)26-30)29-13-8-12-28(24-29)32-15-9-16-35-36-25-31(21-23-41(36)53-42(32)35)46-47-37-17-5-7-19-39(37)52-46/h1-26H. The topological polar surface area (TPSA) is 77.8 Å². The third-order valence-corrected chi connectivity index (χ3v) is 11.0. The van der Waals surface area contributed by atoms with E-state index in [0.717, 1.165) is 66.4 Å². The Balaban J connectivity index is 1.03. The molecule has 0 N–H and O–H groups in total. The van der Waals surface area contributed by atoms with Gasteiger partial charge in [-0.25, -0.2) is 19.9 Å². The van der Waals surface area contributed by atoms with Crippen LogP contribution < -0.4 is 0 Å². The molecule has 11 aromatic rings. The van der Waals surface area contributed by atoms with Crippen LogP contribution in [0, 0.1) is 0 Å². The van der Waals surface area contributed by atoms with Crippen LogP contribution in [0.4, 0.5) is 0 Å². The van der Waals surface area contributed by atoms with Crippen molar-refractivity contribution in [2.24, 2.45) is 0 Å². The Morgan fingerprint density at radius 1 is 0.377 bits per heavy atom. The van der Waals surface area contributed by atoms with E-state index in [1.54, 1.807) is 11.3 Å². The van der Waals surface area contributed by atoms with Gasteiger partial charge in [0.25, 0.3) is 0 Å². The van der Waals surface area contributed by atoms with E-state index in [-0.39, 0.29) is 0 Å². The normalized spacial score (nSPS) is 11.8. The monoisotopic (exact) mass is 698 g/mol. The number of nitrogens with zero attached hydrogens (tertiary/aromatic N) is 4. The third-order valence-electron chi connectivity index (χ3n) is 9.77. The molecular formula is C46H26N4O2S. The number of para-hydroxylation sites is 3. The highest BCUT2D eigenvalue weighted by atomic mass is 32.1. The molecule has 248 valence electrons. The number of hydrogen-bond acceptors (Lipinski definition) is 7. The van der Waals surface area contributed by atoms with Crippen molar-refractivity contribution in [1.29, 1.82) is 0 Å². The second-order valence-electron chi connectivity index (χ2n) is 13.0. The van der Waals surface area contributed by atoms with Crippen molar-refractivity contribution in [3.8, 4) is 56.7 Å². The Bertz CT molecular complexity index is 3160. The summed E-state index contributed by atoms with van der Waals surface area (Å²) in [7, 11) is 0. The molecule has 0 saturated carbocycles. The first-order valence-corrected chi connectivity index (χ1v) is 18.2. The van der Waals surface area contributed by atoms with Crippen molar-refractivity contribution in [2.75, 3.05) is 0 Å². The van der Waals surface area contributed by atoms with E-state index >= 15 is 0 Å². The fourth-order valence-corrected chi connectivity index (χ4v) is 8.41. The number of furan rings is 1. The molecule has 0 aliphatic rings. The first-order valence-electron chi connectivity index (χ1n) is 17.4. The fraction of sp³-hybridized carbons (Fsp3) is 0. The molecular weight excluding hydrogens is 673 g/mol. The van der Waals surface area contributed by atoms with Gasteiger partial charge in [0.1, 0.15) is 16.7 Å². The molecule has 0 spiro atoms. The molecule has 4 aromatic heterocycles. The van der Waals surface area contributed by atoms with E-state index in [0.29, 0.717) is 23.4 Å². The average Bonchev–Trinajstić information content (AvgIpc) is 3.94. The Morgan fingerprint density at radius 3 is 1.91 bits per heavy atom. The van der Waals surface area contributed by atoms with Gasteiger partial charge in [0.05, 0.1) is 0 Å². The number of fused-ring (bicyclic) bond motifs is 7. The molecule has 4 heterocycles. The molecule has 6 nitrogen and oxygen atoms in total. The molecule has 11 rings (SSSR count). The summed E-state index contributed by atoms with van der Waals surface area (Å²) < 4.78 is 14.8. The van der Waals surface area contributed by atoms with Gasteiger partial charge >= 0.3 is 0 Å². The highest BCUT2D eigenvalue weighted by molar-refractivity contribution is 7.26. The molecule has 0 bridgehead atoms. The fourth-order valence-electron chi connectivity index (χ4n) is 7.20. The number of benzene rings is 7. The van der Waals surface area contributed by atoms with E-state index < -0.39 is 0 Å². The smallest absolute Gasteiger partial charge is 0.227 e. The minimum atomic E-state index is 0.586. The third kappa shape index (κ3) is 5.01. The SMILES string of the molecule is c1ccc(-c2nc(-c3cccc(-c4cccc5c4sc4ccc(-c6nc7ccccc7o6)cc45)c3)nc(-c3ccc4c(c3)oc3ccccc34)n2)cc1. The lowest BCUT2D eigenvalue weighted by Crippen LogP contribution is -2.00. The molecule has 0 unspecified atom stereocenters. The molecule has 0 atom stereocenters. The maximum absolute atomic E-state index is 6.23. The maximum Gasteiger partial charge on any atom is 0.227 e. The molecule has 0 aliphatic heterocycles. The van der Waals surface area contributed by atoms with Crippen LogP contribution in [0.15, 0.2) is 167 Å². The van der Waals surface area contributed by atoms with E-state index in [2.05, 4.69) is 78.9 Å². The zero-order chi connectivity index (χ0) is 34.9. The quantitative estimate of drug-likeness (QED) is 0.178. The summed E-state index contributed by atoms with van der Waals surface area (Å²) in [4.78, 5) is 19.8. The second-order valence-corrected chi connectivity index (χ2v) is 14.1. The van der Waals surface area contributed by atoms with Crippen molar-refractivity contribution >= 4 is 64.5 Å². The summed E-state index contributed by atoms with van der Waals surface area (Å²) in [6.45, 7) is 0. The van der Waals surface area contributed by atoms with Crippen molar-refractivity contribution in [3.05, 3.63) is 158 Å². The predicted octanol–water partition coefficient (Wildman–Crippen LogP) is 12.6. The van der Waals surface area contributed by atoms with Gasteiger partial charge < -0.3 is 8.83 Å². The molecule has 7 heteroatoms.